The molecule has 36 heavy (non-hydrogen) atoms. The van der Waals surface area contributed by atoms with Crippen LogP contribution in [0.25, 0.3) is 22.2 Å². The number of aryl methyl sites for hydroxylation is 2. The van der Waals surface area contributed by atoms with Gasteiger partial charge in [0.15, 0.2) is 0 Å². The smallest absolute Gasteiger partial charge is 0.254 e. The summed E-state index contributed by atoms with van der Waals surface area (Å²) in [6.07, 6.45) is 6.06. The highest BCUT2D eigenvalue weighted by atomic mass is 32.2. The zero-order valence-corrected chi connectivity index (χ0v) is 21.6. The molecule has 4 aromatic rings. The summed E-state index contributed by atoms with van der Waals surface area (Å²) in [6, 6.07) is 19.5. The number of hydrogen-bond donors (Lipinski definition) is 2. The summed E-state index contributed by atoms with van der Waals surface area (Å²) < 4.78 is 15.0. The van der Waals surface area contributed by atoms with Crippen LogP contribution in [0.3, 0.4) is 0 Å². The molecule has 0 saturated carbocycles. The number of terminal acetylenes is 1. The van der Waals surface area contributed by atoms with Gasteiger partial charge in [0.1, 0.15) is 16.8 Å². The minimum Gasteiger partial charge on any atom is -0.342 e. The van der Waals surface area contributed by atoms with E-state index in [2.05, 4.69) is 64.8 Å². The third kappa shape index (κ3) is 5.73. The van der Waals surface area contributed by atoms with Gasteiger partial charge in [0.2, 0.25) is 0 Å². The second-order valence-corrected chi connectivity index (χ2v) is 10.0. The first-order valence-corrected chi connectivity index (χ1v) is 13.1. The van der Waals surface area contributed by atoms with E-state index >= 15 is 0 Å². The molecule has 0 bridgehead atoms. The average molecular weight is 499 g/mol. The van der Waals surface area contributed by atoms with Gasteiger partial charge in [-0.15, -0.1) is 6.42 Å². The Balaban J connectivity index is 1.56. The van der Waals surface area contributed by atoms with Gasteiger partial charge in [0.25, 0.3) is 5.91 Å². The number of rotatable bonds is 9. The van der Waals surface area contributed by atoms with E-state index < -0.39 is 11.0 Å². The highest BCUT2D eigenvalue weighted by molar-refractivity contribution is 7.83. The summed E-state index contributed by atoms with van der Waals surface area (Å²) in [5.41, 5.74) is 6.96. The van der Waals surface area contributed by atoms with Crippen molar-refractivity contribution in [3.8, 4) is 23.5 Å². The van der Waals surface area contributed by atoms with Crippen LogP contribution in [-0.4, -0.2) is 38.1 Å². The number of fused-ring (bicyclic) bond motifs is 1. The number of aromatic amines is 1. The van der Waals surface area contributed by atoms with Crippen LogP contribution in [0.15, 0.2) is 65.6 Å². The van der Waals surface area contributed by atoms with Crippen molar-refractivity contribution in [1.82, 2.24) is 19.6 Å². The van der Waals surface area contributed by atoms with Crippen LogP contribution in [0, 0.1) is 26.2 Å². The number of hydrogen-bond acceptors (Lipinski definition) is 3. The van der Waals surface area contributed by atoms with Crippen LogP contribution >= 0.6 is 0 Å². The molecule has 4 rings (SSSR count). The number of nitrogens with zero attached hydrogens (tertiary/aromatic N) is 2. The number of carbonyl (C=O) groups excluding carboxylic acids is 1. The van der Waals surface area contributed by atoms with E-state index in [4.69, 9.17) is 6.42 Å². The summed E-state index contributed by atoms with van der Waals surface area (Å²) in [4.78, 5) is 23.6. The standard InChI is InChI=1S/C29H30N4O2S/c1-5-15-30-36(35)26-12-9-22(10-13-26)29(34)33(16-6-2)19-25-17-23(8-7-20(25)3)24-11-14-27-28(18-24)32-21(4)31-27/h1,7-14,17-18,30H,6,15-16,19H2,2-4H3,(H,31,32). The van der Waals surface area contributed by atoms with Crippen molar-refractivity contribution in [3.05, 3.63) is 83.2 Å². The number of benzene rings is 3. The minimum atomic E-state index is -1.41. The second kappa shape index (κ2) is 11.3. The van der Waals surface area contributed by atoms with Crippen LogP contribution in [-0.2, 0) is 17.5 Å². The molecule has 1 heterocycles. The molecule has 7 heteroatoms. The van der Waals surface area contributed by atoms with E-state index in [0.717, 1.165) is 45.5 Å². The molecule has 1 unspecified atom stereocenters. The Morgan fingerprint density at radius 3 is 2.53 bits per heavy atom. The summed E-state index contributed by atoms with van der Waals surface area (Å²) in [7, 11) is -1.41. The zero-order chi connectivity index (χ0) is 25.7. The lowest BCUT2D eigenvalue weighted by molar-refractivity contribution is 0.0743. The summed E-state index contributed by atoms with van der Waals surface area (Å²) in [5, 5.41) is 0. The molecule has 0 fully saturated rings. The highest BCUT2D eigenvalue weighted by Crippen LogP contribution is 2.26. The van der Waals surface area contributed by atoms with Gasteiger partial charge in [-0.1, -0.05) is 31.0 Å². The van der Waals surface area contributed by atoms with E-state index in [-0.39, 0.29) is 12.5 Å². The Bertz CT molecular complexity index is 1450. The van der Waals surface area contributed by atoms with Crippen LogP contribution in [0.1, 0.15) is 40.7 Å². The Morgan fingerprint density at radius 1 is 1.08 bits per heavy atom. The van der Waals surface area contributed by atoms with Crippen molar-refractivity contribution >= 4 is 27.9 Å². The number of imidazole rings is 1. The summed E-state index contributed by atoms with van der Waals surface area (Å²) >= 11 is 0. The van der Waals surface area contributed by atoms with Gasteiger partial charge in [-0.25, -0.2) is 13.9 Å². The zero-order valence-electron chi connectivity index (χ0n) is 20.8. The van der Waals surface area contributed by atoms with Gasteiger partial charge in [-0.3, -0.25) is 4.79 Å². The van der Waals surface area contributed by atoms with E-state index in [1.165, 1.54) is 0 Å². The van der Waals surface area contributed by atoms with Gasteiger partial charge in [0, 0.05) is 18.7 Å². The molecule has 0 aliphatic heterocycles. The van der Waals surface area contributed by atoms with E-state index in [9.17, 15) is 9.00 Å². The fourth-order valence-corrected chi connectivity index (χ4v) is 4.92. The number of carbonyl (C=O) groups is 1. The van der Waals surface area contributed by atoms with Crippen LogP contribution in [0.2, 0.25) is 0 Å². The predicted molar refractivity (Wildman–Crippen MR) is 146 cm³/mol. The van der Waals surface area contributed by atoms with Crippen LogP contribution in [0.4, 0.5) is 0 Å². The molecule has 0 saturated heterocycles. The topological polar surface area (TPSA) is 78.1 Å². The number of aromatic nitrogens is 2. The molecule has 6 nitrogen and oxygen atoms in total. The van der Waals surface area contributed by atoms with Crippen molar-refractivity contribution in [1.29, 1.82) is 0 Å². The number of nitrogens with one attached hydrogen (secondary N) is 2. The van der Waals surface area contributed by atoms with Crippen LogP contribution < -0.4 is 4.72 Å². The van der Waals surface area contributed by atoms with E-state index in [1.54, 1.807) is 24.3 Å². The van der Waals surface area contributed by atoms with Gasteiger partial charge >= 0.3 is 0 Å². The fraction of sp³-hybridized carbons (Fsp3) is 0.241. The molecule has 0 aliphatic carbocycles. The molecule has 1 amide bonds. The molecule has 0 spiro atoms. The first-order valence-electron chi connectivity index (χ1n) is 11.9. The fourth-order valence-electron chi connectivity index (χ4n) is 4.16. The van der Waals surface area contributed by atoms with Gasteiger partial charge in [-0.05, 0) is 85.0 Å². The maximum absolute atomic E-state index is 13.4. The Labute approximate surface area is 214 Å². The van der Waals surface area contributed by atoms with Gasteiger partial charge < -0.3 is 9.88 Å². The minimum absolute atomic E-state index is 0.0510. The van der Waals surface area contributed by atoms with Crippen molar-refractivity contribution in [2.24, 2.45) is 0 Å². The second-order valence-electron chi connectivity index (χ2n) is 8.74. The molecule has 0 aliphatic rings. The first-order chi connectivity index (χ1) is 17.4. The monoisotopic (exact) mass is 498 g/mol. The van der Waals surface area contributed by atoms with Crippen molar-refractivity contribution < 1.29 is 9.00 Å². The van der Waals surface area contributed by atoms with Crippen molar-refractivity contribution in [2.75, 3.05) is 13.1 Å². The van der Waals surface area contributed by atoms with Gasteiger partial charge in [-0.2, -0.15) is 0 Å². The maximum Gasteiger partial charge on any atom is 0.254 e. The Morgan fingerprint density at radius 2 is 1.81 bits per heavy atom. The van der Waals surface area contributed by atoms with Crippen LogP contribution in [0.5, 0.6) is 0 Å². The summed E-state index contributed by atoms with van der Waals surface area (Å²) in [5.74, 6) is 3.25. The number of H-pyrrole nitrogens is 1. The summed E-state index contributed by atoms with van der Waals surface area (Å²) in [6.45, 7) is 7.45. The quantitative estimate of drug-likeness (QED) is 0.314. The molecular formula is C29H30N4O2S. The molecule has 184 valence electrons. The molecular weight excluding hydrogens is 468 g/mol. The third-order valence-corrected chi connectivity index (χ3v) is 7.15. The Kier molecular flexibility index (Phi) is 7.99. The molecule has 3 aromatic carbocycles. The number of amides is 1. The largest absolute Gasteiger partial charge is 0.342 e. The molecule has 0 radical (unpaired) electrons. The van der Waals surface area contributed by atoms with Crippen molar-refractivity contribution in [3.63, 3.8) is 0 Å². The van der Waals surface area contributed by atoms with E-state index in [1.807, 2.05) is 17.9 Å². The Hall–Kier alpha value is -3.73. The third-order valence-electron chi connectivity index (χ3n) is 6.05. The molecule has 1 atom stereocenters. The van der Waals surface area contributed by atoms with E-state index in [0.29, 0.717) is 23.5 Å². The highest BCUT2D eigenvalue weighted by Gasteiger charge is 2.17. The molecule has 1 aromatic heterocycles. The van der Waals surface area contributed by atoms with Gasteiger partial charge in [0.05, 0.1) is 22.5 Å². The lowest BCUT2D eigenvalue weighted by atomic mass is 9.99. The maximum atomic E-state index is 13.4. The molecule has 2 N–H and O–H groups in total. The lowest BCUT2D eigenvalue weighted by Gasteiger charge is -2.24. The normalized spacial score (nSPS) is 11.8. The lowest BCUT2D eigenvalue weighted by Crippen LogP contribution is -2.31. The first kappa shape index (κ1) is 25.4. The van der Waals surface area contributed by atoms with Crippen molar-refractivity contribution in [2.45, 2.75) is 38.6 Å². The average Bonchev–Trinajstić information content (AvgIpc) is 3.27. The predicted octanol–water partition coefficient (Wildman–Crippen LogP) is 5.14. The SMILES string of the molecule is C#CCNS(=O)c1ccc(C(=O)N(CCC)Cc2cc(-c3ccc4nc(C)[nH]c4c3)ccc2C)cc1.